The van der Waals surface area contributed by atoms with E-state index in [-0.39, 0.29) is 6.10 Å². The maximum Gasteiger partial charge on any atom is 0.0917 e. The number of aliphatic hydroxyl groups is 1. The Labute approximate surface area is 116 Å². The molecule has 2 rings (SSSR count). The van der Waals surface area contributed by atoms with E-state index in [0.717, 1.165) is 25.2 Å². The van der Waals surface area contributed by atoms with Crippen molar-refractivity contribution in [3.8, 4) is 0 Å². The smallest absolute Gasteiger partial charge is 0.0917 e. The van der Waals surface area contributed by atoms with Gasteiger partial charge < -0.3 is 10.0 Å². The molecular weight excluding hydrogens is 236 g/mol. The van der Waals surface area contributed by atoms with E-state index in [2.05, 4.69) is 55.9 Å². The number of benzene rings is 1. The van der Waals surface area contributed by atoms with Crippen molar-refractivity contribution in [1.82, 2.24) is 9.80 Å². The monoisotopic (exact) mass is 262 g/mol. The summed E-state index contributed by atoms with van der Waals surface area (Å²) < 4.78 is 0. The van der Waals surface area contributed by atoms with E-state index >= 15 is 0 Å². The summed E-state index contributed by atoms with van der Waals surface area (Å²) in [5, 5.41) is 10.4. The second-order valence-corrected chi connectivity index (χ2v) is 6.10. The number of likely N-dealkylation sites (tertiary alicyclic amines) is 1. The summed E-state index contributed by atoms with van der Waals surface area (Å²) >= 11 is 0. The average Bonchev–Trinajstić information content (AvgIpc) is 2.76. The Kier molecular flexibility index (Phi) is 4.61. The minimum Gasteiger partial charge on any atom is -0.387 e. The van der Waals surface area contributed by atoms with E-state index < -0.39 is 0 Å². The van der Waals surface area contributed by atoms with Gasteiger partial charge in [0.1, 0.15) is 0 Å². The molecule has 1 fully saturated rings. The van der Waals surface area contributed by atoms with Gasteiger partial charge in [-0.05, 0) is 46.5 Å². The van der Waals surface area contributed by atoms with Gasteiger partial charge in [0.25, 0.3) is 0 Å². The van der Waals surface area contributed by atoms with E-state index in [1.807, 2.05) is 0 Å². The second kappa shape index (κ2) is 6.04. The summed E-state index contributed by atoms with van der Waals surface area (Å²) in [5.74, 6) is 0. The quantitative estimate of drug-likeness (QED) is 0.899. The van der Waals surface area contributed by atoms with Gasteiger partial charge >= 0.3 is 0 Å². The number of aryl methyl sites for hydroxylation is 2. The highest BCUT2D eigenvalue weighted by atomic mass is 16.3. The number of nitrogens with zero attached hydrogens (tertiary/aromatic N) is 2. The fourth-order valence-electron chi connectivity index (χ4n) is 2.95. The number of β-amino-alcohol motifs (C(OH)–C–C–N with tert-alkyl or cyclic N) is 1. The third-order valence-electron chi connectivity index (χ3n) is 4.04. The van der Waals surface area contributed by atoms with E-state index in [1.54, 1.807) is 0 Å². The first-order chi connectivity index (χ1) is 8.95. The molecule has 1 aliphatic rings. The Morgan fingerprint density at radius 3 is 2.42 bits per heavy atom. The van der Waals surface area contributed by atoms with Crippen molar-refractivity contribution in [2.24, 2.45) is 0 Å². The van der Waals surface area contributed by atoms with Crippen LogP contribution in [0.5, 0.6) is 0 Å². The first-order valence-electron chi connectivity index (χ1n) is 7.10. The SMILES string of the molecule is Cc1cc(C)cc(C(O)CN2CCC(N(C)C)C2)c1. The molecule has 3 heteroatoms. The molecule has 1 N–H and O–H groups in total. The normalized spacial score (nSPS) is 22.1. The van der Waals surface area contributed by atoms with Crippen LogP contribution in [-0.2, 0) is 0 Å². The van der Waals surface area contributed by atoms with E-state index in [4.69, 9.17) is 0 Å². The third kappa shape index (κ3) is 3.78. The molecule has 106 valence electrons. The van der Waals surface area contributed by atoms with Crippen LogP contribution in [0.4, 0.5) is 0 Å². The standard InChI is InChI=1S/C16H26N2O/c1-12-7-13(2)9-14(8-12)16(19)11-18-6-5-15(10-18)17(3)4/h7-9,15-16,19H,5-6,10-11H2,1-4H3. The zero-order valence-corrected chi connectivity index (χ0v) is 12.6. The van der Waals surface area contributed by atoms with Gasteiger partial charge in [-0.15, -0.1) is 0 Å². The van der Waals surface area contributed by atoms with Gasteiger partial charge in [0.2, 0.25) is 0 Å². The molecule has 2 unspecified atom stereocenters. The second-order valence-electron chi connectivity index (χ2n) is 6.10. The van der Waals surface area contributed by atoms with Crippen molar-refractivity contribution < 1.29 is 5.11 Å². The molecule has 2 atom stereocenters. The predicted octanol–water partition coefficient (Wildman–Crippen LogP) is 1.97. The van der Waals surface area contributed by atoms with Gasteiger partial charge in [-0.1, -0.05) is 29.3 Å². The van der Waals surface area contributed by atoms with Crippen molar-refractivity contribution >= 4 is 0 Å². The highest BCUT2D eigenvalue weighted by molar-refractivity contribution is 5.30. The van der Waals surface area contributed by atoms with Gasteiger partial charge in [-0.25, -0.2) is 0 Å². The molecule has 1 aromatic rings. The van der Waals surface area contributed by atoms with Crippen molar-refractivity contribution in [2.45, 2.75) is 32.4 Å². The van der Waals surface area contributed by atoms with Gasteiger partial charge in [0.05, 0.1) is 6.10 Å². The molecule has 0 amide bonds. The van der Waals surface area contributed by atoms with E-state index in [9.17, 15) is 5.11 Å². The van der Waals surface area contributed by atoms with Crippen LogP contribution in [0.25, 0.3) is 0 Å². The van der Waals surface area contributed by atoms with Crippen LogP contribution in [0.15, 0.2) is 18.2 Å². The van der Waals surface area contributed by atoms with Crippen LogP contribution in [0.3, 0.4) is 0 Å². The van der Waals surface area contributed by atoms with Crippen LogP contribution >= 0.6 is 0 Å². The highest BCUT2D eigenvalue weighted by Gasteiger charge is 2.25. The molecule has 19 heavy (non-hydrogen) atoms. The van der Waals surface area contributed by atoms with Crippen LogP contribution in [0.1, 0.15) is 29.2 Å². The van der Waals surface area contributed by atoms with Crippen molar-refractivity contribution in [3.63, 3.8) is 0 Å². The van der Waals surface area contributed by atoms with Gasteiger partial charge in [0, 0.05) is 19.1 Å². The Hall–Kier alpha value is -0.900. The molecule has 0 aliphatic carbocycles. The van der Waals surface area contributed by atoms with Crippen LogP contribution in [0.2, 0.25) is 0 Å². The van der Waals surface area contributed by atoms with Crippen LogP contribution in [0, 0.1) is 13.8 Å². The number of rotatable bonds is 4. The van der Waals surface area contributed by atoms with Crippen LogP contribution < -0.4 is 0 Å². The number of hydrogen-bond donors (Lipinski definition) is 1. The van der Waals surface area contributed by atoms with Crippen molar-refractivity contribution in [3.05, 3.63) is 34.9 Å². The van der Waals surface area contributed by atoms with Gasteiger partial charge in [-0.3, -0.25) is 4.90 Å². The lowest BCUT2D eigenvalue weighted by atomic mass is 10.0. The van der Waals surface area contributed by atoms with Crippen LogP contribution in [-0.4, -0.2) is 54.7 Å². The minimum atomic E-state index is -0.375. The zero-order valence-electron chi connectivity index (χ0n) is 12.6. The largest absolute Gasteiger partial charge is 0.387 e. The van der Waals surface area contributed by atoms with Gasteiger partial charge in [-0.2, -0.15) is 0 Å². The molecular formula is C16H26N2O. The Morgan fingerprint density at radius 2 is 1.89 bits per heavy atom. The summed E-state index contributed by atoms with van der Waals surface area (Å²) in [7, 11) is 4.27. The average molecular weight is 262 g/mol. The summed E-state index contributed by atoms with van der Waals surface area (Å²) in [6, 6.07) is 6.97. The number of aliphatic hydroxyl groups excluding tert-OH is 1. The lowest BCUT2D eigenvalue weighted by molar-refractivity contribution is 0.122. The maximum absolute atomic E-state index is 10.4. The van der Waals surface area contributed by atoms with Crippen molar-refractivity contribution in [2.75, 3.05) is 33.7 Å². The molecule has 0 spiro atoms. The number of likely N-dealkylation sites (N-methyl/N-ethyl adjacent to an activating group) is 1. The maximum atomic E-state index is 10.4. The first-order valence-corrected chi connectivity index (χ1v) is 7.10. The Morgan fingerprint density at radius 1 is 1.26 bits per heavy atom. The highest BCUT2D eigenvalue weighted by Crippen LogP contribution is 2.21. The summed E-state index contributed by atoms with van der Waals surface area (Å²) in [4.78, 5) is 4.65. The third-order valence-corrected chi connectivity index (χ3v) is 4.04. The number of hydrogen-bond acceptors (Lipinski definition) is 3. The fraction of sp³-hybridized carbons (Fsp3) is 0.625. The molecule has 1 aromatic carbocycles. The molecule has 0 radical (unpaired) electrons. The predicted molar refractivity (Wildman–Crippen MR) is 79.4 cm³/mol. The fourth-order valence-corrected chi connectivity index (χ4v) is 2.95. The first kappa shape index (κ1) is 14.5. The minimum absolute atomic E-state index is 0.375. The molecule has 3 nitrogen and oxygen atoms in total. The van der Waals surface area contributed by atoms with Gasteiger partial charge in [0.15, 0.2) is 0 Å². The summed E-state index contributed by atoms with van der Waals surface area (Å²) in [5.41, 5.74) is 3.49. The molecule has 0 saturated carbocycles. The molecule has 1 heterocycles. The Bertz CT molecular complexity index is 411. The topological polar surface area (TPSA) is 26.7 Å². The zero-order chi connectivity index (χ0) is 14.0. The summed E-state index contributed by atoms with van der Waals surface area (Å²) in [6.45, 7) is 7.06. The van der Waals surface area contributed by atoms with E-state index in [1.165, 1.54) is 17.5 Å². The lowest BCUT2D eigenvalue weighted by Gasteiger charge is -2.23. The molecule has 1 aliphatic heterocycles. The molecule has 1 saturated heterocycles. The van der Waals surface area contributed by atoms with Crippen molar-refractivity contribution in [1.29, 1.82) is 0 Å². The Balaban J connectivity index is 1.96. The summed E-state index contributed by atoms with van der Waals surface area (Å²) in [6.07, 6.45) is 0.826. The van der Waals surface area contributed by atoms with E-state index in [0.29, 0.717) is 6.04 Å². The lowest BCUT2D eigenvalue weighted by Crippen LogP contribution is -2.33. The molecule has 0 bridgehead atoms. The molecule has 0 aromatic heterocycles.